The fourth-order valence-corrected chi connectivity index (χ4v) is 2.78. The molecule has 4 heteroatoms. The van der Waals surface area contributed by atoms with E-state index in [2.05, 4.69) is 0 Å². The van der Waals surface area contributed by atoms with Gasteiger partial charge in [0.25, 0.3) is 0 Å². The number of aromatic hydroxyl groups is 2. The van der Waals surface area contributed by atoms with E-state index in [0.29, 0.717) is 18.3 Å². The van der Waals surface area contributed by atoms with Crippen molar-refractivity contribution in [1.29, 1.82) is 0 Å². The minimum Gasteiger partial charge on any atom is -0.508 e. The first-order chi connectivity index (χ1) is 10.2. The SMILES string of the molecule is COc1cc(O)cc2c1OC[C@H](Cc1ccc(O)cc1)C2. The summed E-state index contributed by atoms with van der Waals surface area (Å²) in [5.41, 5.74) is 2.14. The predicted molar refractivity (Wildman–Crippen MR) is 79.2 cm³/mol. The highest BCUT2D eigenvalue weighted by molar-refractivity contribution is 5.52. The van der Waals surface area contributed by atoms with Crippen LogP contribution in [0.4, 0.5) is 0 Å². The van der Waals surface area contributed by atoms with E-state index in [1.807, 2.05) is 12.1 Å². The smallest absolute Gasteiger partial charge is 0.164 e. The molecule has 0 radical (unpaired) electrons. The summed E-state index contributed by atoms with van der Waals surface area (Å²) in [4.78, 5) is 0. The van der Waals surface area contributed by atoms with Crippen LogP contribution in [0.1, 0.15) is 11.1 Å². The minimum atomic E-state index is 0.194. The second-order valence-corrected chi connectivity index (χ2v) is 5.39. The monoisotopic (exact) mass is 286 g/mol. The molecule has 2 N–H and O–H groups in total. The lowest BCUT2D eigenvalue weighted by atomic mass is 9.90. The number of benzene rings is 2. The van der Waals surface area contributed by atoms with Crippen molar-refractivity contribution in [3.63, 3.8) is 0 Å². The number of ether oxygens (including phenoxy) is 2. The molecular formula is C17H18O4. The molecule has 0 aliphatic carbocycles. The molecule has 3 rings (SSSR count). The van der Waals surface area contributed by atoms with Gasteiger partial charge in [0.05, 0.1) is 13.7 Å². The third kappa shape index (κ3) is 2.89. The highest BCUT2D eigenvalue weighted by Gasteiger charge is 2.24. The van der Waals surface area contributed by atoms with Crippen molar-refractivity contribution in [1.82, 2.24) is 0 Å². The van der Waals surface area contributed by atoms with E-state index in [0.717, 1.165) is 29.7 Å². The third-order valence-corrected chi connectivity index (χ3v) is 3.77. The van der Waals surface area contributed by atoms with E-state index < -0.39 is 0 Å². The number of phenols is 2. The Balaban J connectivity index is 1.78. The van der Waals surface area contributed by atoms with Gasteiger partial charge in [0.1, 0.15) is 11.5 Å². The quantitative estimate of drug-likeness (QED) is 0.911. The molecule has 1 aliphatic heterocycles. The Morgan fingerprint density at radius 3 is 2.62 bits per heavy atom. The van der Waals surface area contributed by atoms with E-state index in [1.54, 1.807) is 31.4 Å². The zero-order valence-corrected chi connectivity index (χ0v) is 11.9. The number of fused-ring (bicyclic) bond motifs is 1. The second kappa shape index (κ2) is 5.56. The molecule has 2 aromatic carbocycles. The summed E-state index contributed by atoms with van der Waals surface area (Å²) < 4.78 is 11.1. The molecule has 0 amide bonds. The van der Waals surface area contributed by atoms with Gasteiger partial charge >= 0.3 is 0 Å². The Bertz CT molecular complexity index is 634. The first-order valence-corrected chi connectivity index (χ1v) is 6.96. The zero-order valence-electron chi connectivity index (χ0n) is 11.9. The standard InChI is InChI=1S/C17H18O4/c1-20-16-9-15(19)8-13-7-12(10-21-17(13)16)6-11-2-4-14(18)5-3-11/h2-5,8-9,12,18-19H,6-7,10H2,1H3/t12-/m1/s1. The van der Waals surface area contributed by atoms with Crippen LogP contribution in [0.3, 0.4) is 0 Å². The van der Waals surface area contributed by atoms with Gasteiger partial charge in [-0.1, -0.05) is 12.1 Å². The van der Waals surface area contributed by atoms with Gasteiger partial charge < -0.3 is 19.7 Å². The van der Waals surface area contributed by atoms with Crippen molar-refractivity contribution < 1.29 is 19.7 Å². The van der Waals surface area contributed by atoms with Crippen molar-refractivity contribution in [2.75, 3.05) is 13.7 Å². The van der Waals surface area contributed by atoms with Crippen LogP contribution in [-0.4, -0.2) is 23.9 Å². The minimum absolute atomic E-state index is 0.194. The number of hydrogen-bond donors (Lipinski definition) is 2. The number of hydrogen-bond acceptors (Lipinski definition) is 4. The normalized spacial score (nSPS) is 16.9. The Kier molecular flexibility index (Phi) is 3.60. The van der Waals surface area contributed by atoms with Crippen molar-refractivity contribution in [3.8, 4) is 23.0 Å². The Hall–Kier alpha value is -2.36. The lowest BCUT2D eigenvalue weighted by Gasteiger charge is -2.26. The summed E-state index contributed by atoms with van der Waals surface area (Å²) >= 11 is 0. The van der Waals surface area contributed by atoms with Gasteiger partial charge in [-0.3, -0.25) is 0 Å². The van der Waals surface area contributed by atoms with Gasteiger partial charge in [-0.05, 0) is 36.6 Å². The topological polar surface area (TPSA) is 58.9 Å². The van der Waals surface area contributed by atoms with Crippen LogP contribution in [0.5, 0.6) is 23.0 Å². The largest absolute Gasteiger partial charge is 0.508 e. The van der Waals surface area contributed by atoms with Crippen LogP contribution in [-0.2, 0) is 12.8 Å². The number of rotatable bonds is 3. The van der Waals surface area contributed by atoms with Gasteiger partial charge in [-0.25, -0.2) is 0 Å². The number of methoxy groups -OCH3 is 1. The molecule has 0 aromatic heterocycles. The zero-order chi connectivity index (χ0) is 14.8. The maximum atomic E-state index is 9.74. The molecule has 1 aliphatic rings. The summed E-state index contributed by atoms with van der Waals surface area (Å²) in [6, 6.07) is 10.5. The lowest BCUT2D eigenvalue weighted by Crippen LogP contribution is -2.23. The van der Waals surface area contributed by atoms with Crippen molar-refractivity contribution in [2.45, 2.75) is 12.8 Å². The van der Waals surface area contributed by atoms with Crippen molar-refractivity contribution in [3.05, 3.63) is 47.5 Å². The molecule has 0 fully saturated rings. The first-order valence-electron chi connectivity index (χ1n) is 6.96. The molecule has 0 unspecified atom stereocenters. The molecule has 2 aromatic rings. The average molecular weight is 286 g/mol. The first kappa shape index (κ1) is 13.6. The summed E-state index contributed by atoms with van der Waals surface area (Å²) in [5.74, 6) is 2.12. The fraction of sp³-hybridized carbons (Fsp3) is 0.294. The molecule has 0 saturated carbocycles. The van der Waals surface area contributed by atoms with E-state index in [4.69, 9.17) is 9.47 Å². The van der Waals surface area contributed by atoms with Gasteiger partial charge in [-0.2, -0.15) is 0 Å². The van der Waals surface area contributed by atoms with Gasteiger partial charge in [0.15, 0.2) is 11.5 Å². The molecule has 21 heavy (non-hydrogen) atoms. The summed E-state index contributed by atoms with van der Waals surface area (Å²) in [5, 5.41) is 19.1. The summed E-state index contributed by atoms with van der Waals surface area (Å²) in [7, 11) is 1.57. The van der Waals surface area contributed by atoms with Crippen LogP contribution in [0, 0.1) is 5.92 Å². The second-order valence-electron chi connectivity index (χ2n) is 5.39. The predicted octanol–water partition coefficient (Wildman–Crippen LogP) is 2.90. The van der Waals surface area contributed by atoms with Crippen molar-refractivity contribution in [2.24, 2.45) is 5.92 Å². The average Bonchev–Trinajstić information content (AvgIpc) is 2.48. The third-order valence-electron chi connectivity index (χ3n) is 3.77. The van der Waals surface area contributed by atoms with Crippen LogP contribution < -0.4 is 9.47 Å². The molecule has 0 spiro atoms. The molecular weight excluding hydrogens is 268 g/mol. The Labute approximate surface area is 123 Å². The van der Waals surface area contributed by atoms with E-state index in [-0.39, 0.29) is 11.5 Å². The summed E-state index contributed by atoms with van der Waals surface area (Å²) in [6.45, 7) is 0.620. The van der Waals surface area contributed by atoms with Crippen LogP contribution in [0.25, 0.3) is 0 Å². The van der Waals surface area contributed by atoms with Gasteiger partial charge in [-0.15, -0.1) is 0 Å². The summed E-state index contributed by atoms with van der Waals surface area (Å²) in [6.07, 6.45) is 1.71. The molecule has 1 atom stereocenters. The molecule has 110 valence electrons. The maximum Gasteiger partial charge on any atom is 0.164 e. The van der Waals surface area contributed by atoms with Crippen LogP contribution >= 0.6 is 0 Å². The lowest BCUT2D eigenvalue weighted by molar-refractivity contribution is 0.210. The maximum absolute atomic E-state index is 9.74. The van der Waals surface area contributed by atoms with Gasteiger partial charge in [0, 0.05) is 17.5 Å². The van der Waals surface area contributed by atoms with Crippen LogP contribution in [0.15, 0.2) is 36.4 Å². The highest BCUT2D eigenvalue weighted by Crippen LogP contribution is 2.39. The molecule has 0 bridgehead atoms. The van der Waals surface area contributed by atoms with Gasteiger partial charge in [0.2, 0.25) is 0 Å². The molecule has 4 nitrogen and oxygen atoms in total. The van der Waals surface area contributed by atoms with E-state index in [1.165, 1.54) is 0 Å². The van der Waals surface area contributed by atoms with Crippen LogP contribution in [0.2, 0.25) is 0 Å². The molecule has 1 heterocycles. The Morgan fingerprint density at radius 2 is 1.90 bits per heavy atom. The van der Waals surface area contributed by atoms with Crippen molar-refractivity contribution >= 4 is 0 Å². The number of phenolic OH excluding ortho intramolecular Hbond substituents is 2. The fourth-order valence-electron chi connectivity index (χ4n) is 2.78. The molecule has 0 saturated heterocycles. The van der Waals surface area contributed by atoms with E-state index >= 15 is 0 Å². The highest BCUT2D eigenvalue weighted by atomic mass is 16.5. The van der Waals surface area contributed by atoms with E-state index in [9.17, 15) is 10.2 Å². The Morgan fingerprint density at radius 1 is 1.14 bits per heavy atom.